The van der Waals surface area contributed by atoms with Crippen LogP contribution in [0.2, 0.25) is 0 Å². The summed E-state index contributed by atoms with van der Waals surface area (Å²) in [7, 11) is -2.30. The molecule has 5 rings (SSSR count). The molecule has 46 heavy (non-hydrogen) atoms. The number of hydrogen-bond donors (Lipinski definition) is 3. The number of sulfonamides is 1. The summed E-state index contributed by atoms with van der Waals surface area (Å²) in [5.41, 5.74) is -2.23. The molecule has 13 nitrogen and oxygen atoms in total. The molecule has 5 atom stereocenters. The largest absolute Gasteiger partial charge is 0.497 e. The Hall–Kier alpha value is -4.20. The second-order valence-electron chi connectivity index (χ2n) is 13.4. The van der Waals surface area contributed by atoms with E-state index in [0.717, 1.165) is 5.39 Å². The van der Waals surface area contributed by atoms with Gasteiger partial charge in [-0.2, -0.15) is 0 Å². The SMILES string of the molecule is C=C[C@@H]1CC1(NC(=O)[C@@H]1CC(Oc2nccc3cc(OC)ccc23)CN1C(=O)[C@@H](NC(C)=O)C(C)(C)C)C(=O)NS(=O)(=O)C1CC1. The number of nitrogens with zero attached hydrogens (tertiary/aromatic N) is 2. The molecule has 1 aromatic carbocycles. The van der Waals surface area contributed by atoms with Crippen LogP contribution in [0.4, 0.5) is 0 Å². The number of nitrogens with one attached hydrogen (secondary N) is 3. The Morgan fingerprint density at radius 3 is 2.48 bits per heavy atom. The fraction of sp³-hybridized carbons (Fsp3) is 0.531. The minimum atomic E-state index is -3.87. The number of benzene rings is 1. The van der Waals surface area contributed by atoms with Crippen LogP contribution in [0.3, 0.4) is 0 Å². The van der Waals surface area contributed by atoms with Crippen LogP contribution in [0.15, 0.2) is 43.1 Å². The number of fused-ring (bicyclic) bond motifs is 1. The van der Waals surface area contributed by atoms with Crippen LogP contribution in [0.25, 0.3) is 10.8 Å². The highest BCUT2D eigenvalue weighted by atomic mass is 32.2. The number of hydrogen-bond acceptors (Lipinski definition) is 9. The van der Waals surface area contributed by atoms with E-state index in [2.05, 4.69) is 26.9 Å². The molecule has 0 radical (unpaired) electrons. The molecule has 3 aliphatic rings. The molecule has 3 N–H and O–H groups in total. The van der Waals surface area contributed by atoms with Gasteiger partial charge < -0.3 is 25.0 Å². The smallest absolute Gasteiger partial charge is 0.259 e. The fourth-order valence-corrected chi connectivity index (χ4v) is 7.28. The highest BCUT2D eigenvalue weighted by Crippen LogP contribution is 2.45. The summed E-state index contributed by atoms with van der Waals surface area (Å²) in [6.45, 7) is 10.5. The van der Waals surface area contributed by atoms with Crippen molar-refractivity contribution in [3.05, 3.63) is 43.1 Å². The number of aromatic nitrogens is 1. The molecule has 3 fully saturated rings. The minimum absolute atomic E-state index is 0.00253. The summed E-state index contributed by atoms with van der Waals surface area (Å²) in [6, 6.07) is 5.18. The Bertz CT molecular complexity index is 1680. The Balaban J connectivity index is 1.43. The average molecular weight is 656 g/mol. The van der Waals surface area contributed by atoms with Gasteiger partial charge in [-0.15, -0.1) is 6.58 Å². The number of rotatable bonds is 11. The molecule has 2 aromatic rings. The van der Waals surface area contributed by atoms with Crippen LogP contribution in [0.1, 0.15) is 53.4 Å². The van der Waals surface area contributed by atoms with Gasteiger partial charge in [-0.05, 0) is 54.3 Å². The predicted octanol–water partition coefficient (Wildman–Crippen LogP) is 1.81. The summed E-state index contributed by atoms with van der Waals surface area (Å²) in [5.74, 6) is -1.90. The van der Waals surface area contributed by atoms with Crippen LogP contribution >= 0.6 is 0 Å². The summed E-state index contributed by atoms with van der Waals surface area (Å²) in [5, 5.41) is 6.39. The van der Waals surface area contributed by atoms with E-state index in [1.54, 1.807) is 40.1 Å². The predicted molar refractivity (Wildman–Crippen MR) is 169 cm³/mol. The molecule has 1 aromatic heterocycles. The van der Waals surface area contributed by atoms with Gasteiger partial charge in [-0.1, -0.05) is 26.8 Å². The second kappa shape index (κ2) is 12.2. The normalized spacial score (nSPS) is 24.9. The number of carbonyl (C=O) groups excluding carboxylic acids is 4. The summed E-state index contributed by atoms with van der Waals surface area (Å²) in [6.07, 6.45) is 3.57. The molecule has 0 bridgehead atoms. The topological polar surface area (TPSA) is 173 Å². The first-order valence-electron chi connectivity index (χ1n) is 15.3. The van der Waals surface area contributed by atoms with Gasteiger partial charge in [-0.25, -0.2) is 13.4 Å². The van der Waals surface area contributed by atoms with Crippen LogP contribution < -0.4 is 24.8 Å². The molecular weight excluding hydrogens is 614 g/mol. The summed E-state index contributed by atoms with van der Waals surface area (Å²) >= 11 is 0. The molecule has 4 amide bonds. The Morgan fingerprint density at radius 2 is 1.89 bits per heavy atom. The highest BCUT2D eigenvalue weighted by molar-refractivity contribution is 7.91. The lowest BCUT2D eigenvalue weighted by atomic mass is 9.85. The van der Waals surface area contributed by atoms with E-state index in [1.165, 1.54) is 17.9 Å². The number of carbonyl (C=O) groups is 4. The number of likely N-dealkylation sites (tertiary alicyclic amines) is 1. The van der Waals surface area contributed by atoms with Gasteiger partial charge >= 0.3 is 0 Å². The van der Waals surface area contributed by atoms with Gasteiger partial charge in [0.1, 0.15) is 29.5 Å². The molecule has 2 heterocycles. The van der Waals surface area contributed by atoms with E-state index in [9.17, 15) is 27.6 Å². The minimum Gasteiger partial charge on any atom is -0.497 e. The first-order chi connectivity index (χ1) is 21.6. The zero-order valence-corrected chi connectivity index (χ0v) is 27.5. The van der Waals surface area contributed by atoms with Gasteiger partial charge in [0, 0.05) is 30.8 Å². The maximum absolute atomic E-state index is 14.1. The molecule has 1 aliphatic heterocycles. The summed E-state index contributed by atoms with van der Waals surface area (Å²) in [4.78, 5) is 59.3. The van der Waals surface area contributed by atoms with E-state index in [4.69, 9.17) is 9.47 Å². The zero-order valence-electron chi connectivity index (χ0n) is 26.7. The van der Waals surface area contributed by atoms with Gasteiger partial charge in [-0.3, -0.25) is 23.9 Å². The monoisotopic (exact) mass is 655 g/mol. The first kappa shape index (κ1) is 33.2. The van der Waals surface area contributed by atoms with Crippen molar-refractivity contribution in [2.24, 2.45) is 11.3 Å². The van der Waals surface area contributed by atoms with E-state index >= 15 is 0 Å². The van der Waals surface area contributed by atoms with Gasteiger partial charge in [0.15, 0.2) is 0 Å². The van der Waals surface area contributed by atoms with Crippen molar-refractivity contribution < 1.29 is 37.1 Å². The van der Waals surface area contributed by atoms with Crippen LogP contribution in [-0.4, -0.2) is 84.6 Å². The van der Waals surface area contributed by atoms with Gasteiger partial charge in [0.25, 0.3) is 5.91 Å². The van der Waals surface area contributed by atoms with Crippen LogP contribution in [0.5, 0.6) is 11.6 Å². The highest BCUT2D eigenvalue weighted by Gasteiger charge is 2.62. The number of ether oxygens (including phenoxy) is 2. The van der Waals surface area contributed by atoms with Crippen LogP contribution in [0, 0.1) is 11.3 Å². The van der Waals surface area contributed by atoms with Gasteiger partial charge in [0.2, 0.25) is 33.6 Å². The first-order valence-corrected chi connectivity index (χ1v) is 16.8. The lowest BCUT2D eigenvalue weighted by Crippen LogP contribution is -2.60. The van der Waals surface area contributed by atoms with E-state index < -0.39 is 74.0 Å². The van der Waals surface area contributed by atoms with Crippen molar-refractivity contribution in [2.75, 3.05) is 13.7 Å². The van der Waals surface area contributed by atoms with Crippen molar-refractivity contribution in [2.45, 2.75) is 82.4 Å². The lowest BCUT2D eigenvalue weighted by Gasteiger charge is -2.35. The van der Waals surface area contributed by atoms with E-state index in [0.29, 0.717) is 29.9 Å². The second-order valence-corrected chi connectivity index (χ2v) is 15.3. The zero-order chi connectivity index (χ0) is 33.6. The Labute approximate surface area is 268 Å². The third-order valence-corrected chi connectivity index (χ3v) is 10.6. The molecule has 1 saturated heterocycles. The Morgan fingerprint density at radius 1 is 1.17 bits per heavy atom. The molecule has 14 heteroatoms. The van der Waals surface area contributed by atoms with Crippen molar-refractivity contribution in [1.82, 2.24) is 25.2 Å². The molecule has 2 saturated carbocycles. The molecule has 0 spiro atoms. The van der Waals surface area contributed by atoms with Gasteiger partial charge in [0.05, 0.1) is 18.9 Å². The lowest BCUT2D eigenvalue weighted by molar-refractivity contribution is -0.144. The van der Waals surface area contributed by atoms with Crippen molar-refractivity contribution >= 4 is 44.4 Å². The van der Waals surface area contributed by atoms with Crippen LogP contribution in [-0.2, 0) is 29.2 Å². The Kier molecular flexibility index (Phi) is 8.79. The maximum Gasteiger partial charge on any atom is 0.259 e. The van der Waals surface area contributed by atoms with E-state index in [-0.39, 0.29) is 19.4 Å². The fourth-order valence-electron chi connectivity index (χ4n) is 5.92. The average Bonchev–Trinajstić information content (AvgIpc) is 3.91. The number of pyridine rings is 1. The molecule has 2 aliphatic carbocycles. The quantitative estimate of drug-likeness (QED) is 0.305. The number of methoxy groups -OCH3 is 1. The number of amides is 4. The van der Waals surface area contributed by atoms with Crippen molar-refractivity contribution in [1.29, 1.82) is 0 Å². The standard InChI is InChI=1S/C32H41N5O8S/c1-7-20-16-32(20,30(41)36-46(42,43)23-9-10-23)35-27(39)25-15-22(17-37(25)29(40)26(31(3,4)5)34-18(2)38)45-28-24-11-8-21(44-6)14-19(24)12-13-33-28/h7-8,11-14,20,22-23,25-26H,1,9-10,15-17H2,2-6H3,(H,34,38)(H,35,39)(H,36,41)/t20-,22?,25+,26-,32?/m1/s1. The molecule has 248 valence electrons. The van der Waals surface area contributed by atoms with Crippen molar-refractivity contribution in [3.8, 4) is 11.6 Å². The third kappa shape index (κ3) is 6.67. The molecule has 2 unspecified atom stereocenters. The summed E-state index contributed by atoms with van der Waals surface area (Å²) < 4.78 is 38.9. The maximum atomic E-state index is 14.1. The third-order valence-electron chi connectivity index (χ3n) is 8.77. The molecular formula is C32H41N5O8S. The van der Waals surface area contributed by atoms with E-state index in [1.807, 2.05) is 18.2 Å². The van der Waals surface area contributed by atoms with Crippen molar-refractivity contribution in [3.63, 3.8) is 0 Å².